The Morgan fingerprint density at radius 3 is 2.18 bits per heavy atom. The van der Waals surface area contributed by atoms with Crippen molar-refractivity contribution in [1.82, 2.24) is 9.97 Å². The molecule has 0 radical (unpaired) electrons. The number of benzene rings is 2. The Bertz CT molecular complexity index is 1190. The van der Waals surface area contributed by atoms with E-state index in [1.54, 1.807) is 0 Å². The highest BCUT2D eigenvalue weighted by Crippen LogP contribution is 2.36. The highest BCUT2D eigenvalue weighted by Gasteiger charge is 2.36. The maximum atomic E-state index is 14.2. The van der Waals surface area contributed by atoms with Crippen molar-refractivity contribution >= 4 is 9.84 Å². The van der Waals surface area contributed by atoms with Gasteiger partial charge in [-0.15, -0.1) is 0 Å². The Labute approximate surface area is 157 Å². The molecular weight excluding hydrogens is 398 g/mol. The summed E-state index contributed by atoms with van der Waals surface area (Å²) in [5, 5.41) is 8.85. The van der Waals surface area contributed by atoms with Crippen molar-refractivity contribution in [1.29, 1.82) is 5.26 Å². The lowest BCUT2D eigenvalue weighted by atomic mass is 10.0. The number of nitrogens with zero attached hydrogens (tertiary/aromatic N) is 2. The van der Waals surface area contributed by atoms with Crippen LogP contribution in [0, 0.1) is 17.1 Å². The lowest BCUT2D eigenvalue weighted by Gasteiger charge is -2.06. The number of hydrogen-bond acceptors (Lipinski definition) is 4. The van der Waals surface area contributed by atoms with Crippen molar-refractivity contribution in [3.05, 3.63) is 59.7 Å². The predicted molar refractivity (Wildman–Crippen MR) is 92.2 cm³/mol. The lowest BCUT2D eigenvalue weighted by Crippen LogP contribution is -2.07. The van der Waals surface area contributed by atoms with Gasteiger partial charge in [0, 0.05) is 17.4 Å². The fourth-order valence-corrected chi connectivity index (χ4v) is 3.31. The van der Waals surface area contributed by atoms with Gasteiger partial charge in [0.15, 0.2) is 9.84 Å². The molecule has 0 aliphatic rings. The zero-order valence-corrected chi connectivity index (χ0v) is 15.0. The number of alkyl halides is 3. The third-order valence-corrected chi connectivity index (χ3v) is 5.01. The largest absolute Gasteiger partial charge is 0.449 e. The first-order valence-corrected chi connectivity index (χ1v) is 9.57. The molecule has 3 rings (SSSR count). The molecule has 0 aliphatic heterocycles. The first-order valence-electron chi connectivity index (χ1n) is 7.68. The average Bonchev–Trinajstić information content (AvgIpc) is 3.06. The first kappa shape index (κ1) is 19.6. The van der Waals surface area contributed by atoms with Gasteiger partial charge in [-0.25, -0.2) is 17.8 Å². The minimum atomic E-state index is -4.77. The number of aromatic amines is 1. The SMILES string of the molecule is CS(=O)(=O)c1ccc(-c2nc(C(F)(F)F)[nH]c2-c2ccc(C#N)cc2)cc1F. The van der Waals surface area contributed by atoms with Crippen LogP contribution in [-0.2, 0) is 16.0 Å². The van der Waals surface area contributed by atoms with Gasteiger partial charge in [-0.1, -0.05) is 18.2 Å². The first-order chi connectivity index (χ1) is 13.0. The maximum Gasteiger partial charge on any atom is 0.449 e. The number of H-pyrrole nitrogens is 1. The summed E-state index contributed by atoms with van der Waals surface area (Å²) in [5.41, 5.74) is 0.337. The molecule has 144 valence electrons. The van der Waals surface area contributed by atoms with Gasteiger partial charge >= 0.3 is 6.18 Å². The highest BCUT2D eigenvalue weighted by atomic mass is 32.2. The van der Waals surface area contributed by atoms with Crippen molar-refractivity contribution in [3.8, 4) is 28.6 Å². The van der Waals surface area contributed by atoms with Crippen LogP contribution < -0.4 is 0 Å². The van der Waals surface area contributed by atoms with Crippen molar-refractivity contribution in [2.75, 3.05) is 6.26 Å². The van der Waals surface area contributed by atoms with Gasteiger partial charge in [0.05, 0.1) is 23.0 Å². The van der Waals surface area contributed by atoms with E-state index in [0.717, 1.165) is 18.4 Å². The maximum absolute atomic E-state index is 14.2. The molecule has 3 aromatic rings. The summed E-state index contributed by atoms with van der Waals surface area (Å²) >= 11 is 0. The quantitative estimate of drug-likeness (QED) is 0.658. The van der Waals surface area contributed by atoms with Crippen LogP contribution in [0.4, 0.5) is 17.6 Å². The monoisotopic (exact) mass is 409 g/mol. The summed E-state index contributed by atoms with van der Waals surface area (Å²) in [7, 11) is -3.83. The van der Waals surface area contributed by atoms with E-state index in [9.17, 15) is 26.0 Å². The van der Waals surface area contributed by atoms with E-state index in [2.05, 4.69) is 9.97 Å². The molecule has 10 heteroatoms. The van der Waals surface area contributed by atoms with Gasteiger partial charge < -0.3 is 4.98 Å². The highest BCUT2D eigenvalue weighted by molar-refractivity contribution is 7.90. The third kappa shape index (κ3) is 3.75. The van der Waals surface area contributed by atoms with Gasteiger partial charge in [-0.2, -0.15) is 18.4 Å². The van der Waals surface area contributed by atoms with Gasteiger partial charge in [-0.3, -0.25) is 0 Å². The summed E-state index contributed by atoms with van der Waals surface area (Å²) < 4.78 is 76.8. The molecule has 1 aromatic heterocycles. The molecule has 1 N–H and O–H groups in total. The molecule has 0 atom stereocenters. The zero-order chi connectivity index (χ0) is 20.7. The number of sulfone groups is 1. The zero-order valence-electron chi connectivity index (χ0n) is 14.2. The fourth-order valence-electron chi connectivity index (χ4n) is 2.59. The van der Waals surface area contributed by atoms with Gasteiger partial charge in [0.25, 0.3) is 0 Å². The van der Waals surface area contributed by atoms with Crippen LogP contribution in [0.15, 0.2) is 47.4 Å². The molecule has 0 aliphatic carbocycles. The van der Waals surface area contributed by atoms with Crippen molar-refractivity contribution in [3.63, 3.8) is 0 Å². The van der Waals surface area contributed by atoms with Gasteiger partial charge in [0.2, 0.25) is 5.82 Å². The minimum Gasteiger partial charge on any atom is -0.334 e. The topological polar surface area (TPSA) is 86.6 Å². The van der Waals surface area contributed by atoms with Crippen LogP contribution >= 0.6 is 0 Å². The number of aromatic nitrogens is 2. The summed E-state index contributed by atoms with van der Waals surface area (Å²) in [6, 6.07) is 10.6. The van der Waals surface area contributed by atoms with Crippen molar-refractivity contribution in [2.24, 2.45) is 0 Å². The lowest BCUT2D eigenvalue weighted by molar-refractivity contribution is -0.144. The third-order valence-electron chi connectivity index (χ3n) is 3.88. The number of rotatable bonds is 3. The number of hydrogen-bond donors (Lipinski definition) is 1. The molecular formula is C18H11F4N3O2S. The number of imidazole rings is 1. The molecule has 0 saturated carbocycles. The number of nitrogens with one attached hydrogen (secondary N) is 1. The van der Waals surface area contributed by atoms with Gasteiger partial charge in [-0.05, 0) is 24.3 Å². The number of halogens is 4. The summed E-state index contributed by atoms with van der Waals surface area (Å²) in [4.78, 5) is 5.15. The summed E-state index contributed by atoms with van der Waals surface area (Å²) in [5.74, 6) is -2.38. The molecule has 5 nitrogen and oxygen atoms in total. The van der Waals surface area contributed by atoms with Crippen LogP contribution in [0.1, 0.15) is 11.4 Å². The van der Waals surface area contributed by atoms with Crippen LogP contribution in [0.5, 0.6) is 0 Å². The van der Waals surface area contributed by atoms with Crippen LogP contribution in [0.2, 0.25) is 0 Å². The molecule has 0 amide bonds. The Balaban J connectivity index is 2.21. The van der Waals surface area contributed by atoms with Crippen LogP contribution in [-0.4, -0.2) is 24.6 Å². The second-order valence-corrected chi connectivity index (χ2v) is 7.90. The molecule has 0 fully saturated rings. The van der Waals surface area contributed by atoms with E-state index < -0.39 is 32.6 Å². The molecule has 2 aromatic carbocycles. The molecule has 0 unspecified atom stereocenters. The Morgan fingerprint density at radius 2 is 1.68 bits per heavy atom. The second-order valence-electron chi connectivity index (χ2n) is 5.91. The molecule has 28 heavy (non-hydrogen) atoms. The van der Waals surface area contributed by atoms with E-state index in [-0.39, 0.29) is 17.0 Å². The van der Waals surface area contributed by atoms with E-state index in [1.165, 1.54) is 30.3 Å². The molecule has 0 spiro atoms. The normalized spacial score (nSPS) is 12.0. The van der Waals surface area contributed by atoms with Gasteiger partial charge in [0.1, 0.15) is 10.7 Å². The molecule has 1 heterocycles. The predicted octanol–water partition coefficient (Wildman–Crippen LogP) is 4.18. The van der Waals surface area contributed by atoms with E-state index in [0.29, 0.717) is 11.1 Å². The Kier molecular flexibility index (Phi) is 4.72. The molecule has 0 bridgehead atoms. The Hall–Kier alpha value is -3.19. The average molecular weight is 409 g/mol. The smallest absolute Gasteiger partial charge is 0.334 e. The second kappa shape index (κ2) is 6.76. The number of nitriles is 1. The minimum absolute atomic E-state index is 0.0315. The molecule has 0 saturated heterocycles. The Morgan fingerprint density at radius 1 is 1.07 bits per heavy atom. The van der Waals surface area contributed by atoms with Crippen molar-refractivity contribution < 1.29 is 26.0 Å². The van der Waals surface area contributed by atoms with Crippen LogP contribution in [0.3, 0.4) is 0 Å². The van der Waals surface area contributed by atoms with E-state index in [1.807, 2.05) is 6.07 Å². The van der Waals surface area contributed by atoms with E-state index in [4.69, 9.17) is 5.26 Å². The summed E-state index contributed by atoms with van der Waals surface area (Å²) in [6.07, 6.45) is -3.95. The van der Waals surface area contributed by atoms with Crippen molar-refractivity contribution in [2.45, 2.75) is 11.1 Å². The standard InChI is InChI=1S/C18H11F4N3O2S/c1-28(26,27)14-7-6-12(8-13(14)19)16-15(24-17(25-16)18(20,21)22)11-4-2-10(9-23)3-5-11/h2-8H,1H3,(H,24,25). The summed E-state index contributed by atoms with van der Waals surface area (Å²) in [6.45, 7) is 0. The van der Waals surface area contributed by atoms with Crippen LogP contribution in [0.25, 0.3) is 22.5 Å². The fraction of sp³-hybridized carbons (Fsp3) is 0.111. The van der Waals surface area contributed by atoms with E-state index >= 15 is 0 Å².